The molecule has 0 saturated heterocycles. The molecule has 1 amide bonds. The Morgan fingerprint density at radius 2 is 1.67 bits per heavy atom. The molecule has 2 atom stereocenters. The first-order valence-electron chi connectivity index (χ1n) is 8.82. The van der Waals surface area contributed by atoms with Crippen LogP contribution in [0.3, 0.4) is 0 Å². The van der Waals surface area contributed by atoms with E-state index < -0.39 is 6.04 Å². The van der Waals surface area contributed by atoms with Gasteiger partial charge in [-0.2, -0.15) is 5.26 Å². The molecule has 0 aliphatic rings. The first-order chi connectivity index (χ1) is 12.9. The van der Waals surface area contributed by atoms with Crippen molar-refractivity contribution in [3.63, 3.8) is 0 Å². The smallest absolute Gasteiger partial charge is 0.237 e. The molecule has 0 aromatic heterocycles. The SMILES string of the molecule is CC(C)C[C@H](N[C@H](c1ccc(Cl)cc1)c1ccc(Br)cc1)C(=O)NCC#N. The van der Waals surface area contributed by atoms with E-state index in [1.807, 2.05) is 54.6 Å². The van der Waals surface area contributed by atoms with Crippen LogP contribution >= 0.6 is 27.5 Å². The fourth-order valence-electron chi connectivity index (χ4n) is 2.87. The van der Waals surface area contributed by atoms with E-state index in [1.165, 1.54) is 0 Å². The average Bonchev–Trinajstić information content (AvgIpc) is 2.64. The van der Waals surface area contributed by atoms with Crippen molar-refractivity contribution in [2.24, 2.45) is 5.92 Å². The molecule has 0 fully saturated rings. The second kappa shape index (κ2) is 10.5. The van der Waals surface area contributed by atoms with Crippen molar-refractivity contribution < 1.29 is 4.79 Å². The van der Waals surface area contributed by atoms with Gasteiger partial charge in [-0.15, -0.1) is 0 Å². The number of hydrogen-bond donors (Lipinski definition) is 2. The summed E-state index contributed by atoms with van der Waals surface area (Å²) in [5.41, 5.74) is 2.06. The number of benzene rings is 2. The van der Waals surface area contributed by atoms with Crippen molar-refractivity contribution in [2.75, 3.05) is 6.54 Å². The average molecular weight is 449 g/mol. The van der Waals surface area contributed by atoms with Crippen LogP contribution < -0.4 is 10.6 Å². The van der Waals surface area contributed by atoms with Gasteiger partial charge < -0.3 is 5.32 Å². The molecule has 2 aromatic rings. The summed E-state index contributed by atoms with van der Waals surface area (Å²) in [5, 5.41) is 15.6. The zero-order chi connectivity index (χ0) is 19.8. The van der Waals surface area contributed by atoms with Gasteiger partial charge in [-0.25, -0.2) is 0 Å². The lowest BCUT2D eigenvalue weighted by atomic mass is 9.95. The molecule has 0 unspecified atom stereocenters. The van der Waals surface area contributed by atoms with Crippen molar-refractivity contribution in [1.29, 1.82) is 5.26 Å². The molecule has 0 bridgehead atoms. The second-order valence-electron chi connectivity index (χ2n) is 6.76. The molecule has 6 heteroatoms. The summed E-state index contributed by atoms with van der Waals surface area (Å²) in [6.45, 7) is 4.14. The zero-order valence-corrected chi connectivity index (χ0v) is 17.7. The van der Waals surface area contributed by atoms with E-state index in [1.54, 1.807) is 0 Å². The van der Waals surface area contributed by atoms with Gasteiger partial charge in [0, 0.05) is 9.50 Å². The van der Waals surface area contributed by atoms with Crippen LogP contribution in [0, 0.1) is 17.2 Å². The van der Waals surface area contributed by atoms with Gasteiger partial charge in [0.05, 0.1) is 18.2 Å². The number of nitriles is 1. The van der Waals surface area contributed by atoms with Gasteiger partial charge in [0.15, 0.2) is 0 Å². The maximum atomic E-state index is 12.6. The highest BCUT2D eigenvalue weighted by Crippen LogP contribution is 2.26. The second-order valence-corrected chi connectivity index (χ2v) is 8.11. The van der Waals surface area contributed by atoms with E-state index in [0.29, 0.717) is 17.4 Å². The number of nitrogens with zero attached hydrogens (tertiary/aromatic N) is 1. The van der Waals surface area contributed by atoms with Crippen LogP contribution in [0.15, 0.2) is 53.0 Å². The van der Waals surface area contributed by atoms with Gasteiger partial charge in [-0.3, -0.25) is 10.1 Å². The number of rotatable bonds is 8. The van der Waals surface area contributed by atoms with Crippen molar-refractivity contribution in [1.82, 2.24) is 10.6 Å². The number of halogens is 2. The Balaban J connectivity index is 2.35. The molecule has 0 saturated carbocycles. The van der Waals surface area contributed by atoms with E-state index >= 15 is 0 Å². The van der Waals surface area contributed by atoms with Crippen LogP contribution in [0.2, 0.25) is 5.02 Å². The van der Waals surface area contributed by atoms with Gasteiger partial charge in [-0.05, 0) is 47.7 Å². The monoisotopic (exact) mass is 447 g/mol. The molecular weight excluding hydrogens is 426 g/mol. The van der Waals surface area contributed by atoms with Gasteiger partial charge in [0.25, 0.3) is 0 Å². The third kappa shape index (κ3) is 6.66. The van der Waals surface area contributed by atoms with Gasteiger partial charge in [-0.1, -0.05) is 65.6 Å². The van der Waals surface area contributed by atoms with Gasteiger partial charge in [0.1, 0.15) is 6.54 Å². The molecule has 27 heavy (non-hydrogen) atoms. The summed E-state index contributed by atoms with van der Waals surface area (Å²) in [6, 6.07) is 17.0. The summed E-state index contributed by atoms with van der Waals surface area (Å²) < 4.78 is 0.992. The predicted octanol–water partition coefficient (Wildman–Crippen LogP) is 4.84. The summed E-state index contributed by atoms with van der Waals surface area (Å²) in [4.78, 5) is 12.6. The Bertz CT molecular complexity index is 739. The van der Waals surface area contributed by atoms with Crippen LogP contribution in [0.1, 0.15) is 37.4 Å². The number of hydrogen-bond acceptors (Lipinski definition) is 3. The molecule has 0 aliphatic carbocycles. The molecule has 0 aliphatic heterocycles. The Hall–Kier alpha value is -1.87. The van der Waals surface area contributed by atoms with Gasteiger partial charge in [0.2, 0.25) is 5.91 Å². The van der Waals surface area contributed by atoms with E-state index in [9.17, 15) is 4.79 Å². The normalized spacial score (nSPS) is 13.0. The van der Waals surface area contributed by atoms with Crippen molar-refractivity contribution in [3.05, 3.63) is 69.2 Å². The predicted molar refractivity (Wildman–Crippen MR) is 112 cm³/mol. The Morgan fingerprint density at radius 3 is 2.19 bits per heavy atom. The fourth-order valence-corrected chi connectivity index (χ4v) is 3.26. The van der Waals surface area contributed by atoms with Crippen LogP contribution in [-0.4, -0.2) is 18.5 Å². The Morgan fingerprint density at radius 1 is 1.11 bits per heavy atom. The minimum atomic E-state index is -0.414. The molecular formula is C21H23BrClN3O. The maximum absolute atomic E-state index is 12.6. The van der Waals surface area contributed by atoms with E-state index in [0.717, 1.165) is 15.6 Å². The van der Waals surface area contributed by atoms with Crippen LogP contribution in [-0.2, 0) is 4.79 Å². The molecule has 4 nitrogen and oxygen atoms in total. The molecule has 2 N–H and O–H groups in total. The molecule has 0 spiro atoms. The van der Waals surface area contributed by atoms with Crippen LogP contribution in [0.25, 0.3) is 0 Å². The first-order valence-corrected chi connectivity index (χ1v) is 9.99. The Labute approximate surface area is 174 Å². The topological polar surface area (TPSA) is 64.9 Å². The van der Waals surface area contributed by atoms with Crippen molar-refractivity contribution in [2.45, 2.75) is 32.4 Å². The molecule has 142 valence electrons. The Kier molecular flexibility index (Phi) is 8.30. The molecule has 2 aromatic carbocycles. The first kappa shape index (κ1) is 21.4. The number of nitrogens with one attached hydrogen (secondary N) is 2. The summed E-state index contributed by atoms with van der Waals surface area (Å²) >= 11 is 9.51. The highest BCUT2D eigenvalue weighted by molar-refractivity contribution is 9.10. The largest absolute Gasteiger partial charge is 0.342 e. The lowest BCUT2D eigenvalue weighted by Gasteiger charge is -2.27. The summed E-state index contributed by atoms with van der Waals surface area (Å²) in [7, 11) is 0. The lowest BCUT2D eigenvalue weighted by molar-refractivity contribution is -0.123. The molecule has 0 radical (unpaired) electrons. The standard InChI is InChI=1S/C21H23BrClN3O/c1-14(2)13-19(21(27)25-12-11-24)26-20(15-3-7-17(22)8-4-15)16-5-9-18(23)10-6-16/h3-10,14,19-20,26H,12-13H2,1-2H3,(H,25,27)/t19-,20-/m0/s1. The molecule has 0 heterocycles. The van der Waals surface area contributed by atoms with Crippen LogP contribution in [0.5, 0.6) is 0 Å². The number of carbonyl (C=O) groups excluding carboxylic acids is 1. The van der Waals surface area contributed by atoms with Crippen LogP contribution in [0.4, 0.5) is 0 Å². The highest BCUT2D eigenvalue weighted by atomic mass is 79.9. The van der Waals surface area contributed by atoms with Crippen molar-refractivity contribution >= 4 is 33.4 Å². The fraction of sp³-hybridized carbons (Fsp3) is 0.333. The van der Waals surface area contributed by atoms with Gasteiger partial charge >= 0.3 is 0 Å². The quantitative estimate of drug-likeness (QED) is 0.568. The number of amides is 1. The van der Waals surface area contributed by atoms with E-state index in [-0.39, 0.29) is 18.5 Å². The van der Waals surface area contributed by atoms with E-state index in [4.69, 9.17) is 16.9 Å². The lowest BCUT2D eigenvalue weighted by Crippen LogP contribution is -2.46. The number of carbonyl (C=O) groups is 1. The maximum Gasteiger partial charge on any atom is 0.237 e. The minimum Gasteiger partial charge on any atom is -0.342 e. The summed E-state index contributed by atoms with van der Waals surface area (Å²) in [5.74, 6) is 0.160. The third-order valence-corrected chi connectivity index (χ3v) is 4.92. The molecule has 2 rings (SSSR count). The zero-order valence-electron chi connectivity index (χ0n) is 15.4. The third-order valence-electron chi connectivity index (χ3n) is 4.14. The minimum absolute atomic E-state index is 0.000988. The highest BCUT2D eigenvalue weighted by Gasteiger charge is 2.25. The van der Waals surface area contributed by atoms with Crippen molar-refractivity contribution in [3.8, 4) is 6.07 Å². The van der Waals surface area contributed by atoms with E-state index in [2.05, 4.69) is 40.4 Å². The summed E-state index contributed by atoms with van der Waals surface area (Å²) in [6.07, 6.45) is 0.665.